The molecule has 0 aliphatic heterocycles. The van der Waals surface area contributed by atoms with Crippen molar-refractivity contribution in [3.05, 3.63) is 110 Å². The van der Waals surface area contributed by atoms with Gasteiger partial charge in [-0.2, -0.15) is 0 Å². The molecule has 4 rings (SSSR count). The van der Waals surface area contributed by atoms with Crippen LogP contribution in [0.15, 0.2) is 82.5 Å². The van der Waals surface area contributed by atoms with Gasteiger partial charge in [-0.25, -0.2) is 14.0 Å². The van der Waals surface area contributed by atoms with Crippen LogP contribution in [-0.2, 0) is 29.2 Å². The van der Waals surface area contributed by atoms with Crippen molar-refractivity contribution in [2.75, 3.05) is 5.32 Å². The molecule has 0 saturated carbocycles. The predicted molar refractivity (Wildman–Crippen MR) is 157 cm³/mol. The van der Waals surface area contributed by atoms with Crippen LogP contribution in [0.5, 0.6) is 11.5 Å². The molecule has 0 spiro atoms. The molecule has 0 aliphatic carbocycles. The maximum Gasteiger partial charge on any atom is 0.332 e. The third-order valence-corrected chi connectivity index (χ3v) is 6.76. The number of nitrogens with one attached hydrogen (secondary N) is 2. The SMILES string of the molecule is CC(C)(Cn1c(=O)cc(Nc2ccc(Oc3ccnc(Cl)c3)cc2)n(Cc2ccc(Cl)cc2)c1=O)C(=O)NS(=O)O. The smallest absolute Gasteiger partial charge is 0.332 e. The summed E-state index contributed by atoms with van der Waals surface area (Å²) >= 11 is 9.33. The Labute approximate surface area is 247 Å². The highest BCUT2D eigenvalue weighted by Gasteiger charge is 2.31. The molecule has 41 heavy (non-hydrogen) atoms. The van der Waals surface area contributed by atoms with Gasteiger partial charge < -0.3 is 10.1 Å². The summed E-state index contributed by atoms with van der Waals surface area (Å²) in [7, 11) is 0. The van der Waals surface area contributed by atoms with E-state index in [4.69, 9.17) is 32.5 Å². The summed E-state index contributed by atoms with van der Waals surface area (Å²) < 4.78 is 30.1. The summed E-state index contributed by atoms with van der Waals surface area (Å²) in [6.07, 6.45) is 1.52. The van der Waals surface area contributed by atoms with Gasteiger partial charge >= 0.3 is 5.69 Å². The number of nitrogens with zero attached hydrogens (tertiary/aromatic N) is 3. The van der Waals surface area contributed by atoms with Crippen LogP contribution in [0.2, 0.25) is 10.2 Å². The minimum atomic E-state index is -2.59. The van der Waals surface area contributed by atoms with E-state index in [2.05, 4.69) is 10.3 Å². The standard InChI is InChI=1S/C27H25Cl2N5O6S/c1-27(2,25(36)32-41(38)39)16-34-24(35)14-23(33(26(34)37)15-17-3-5-18(28)6-4-17)31-19-7-9-20(10-8-19)40-21-11-12-30-22(29)13-21/h3-14,31H,15-16H2,1-2H3,(H,32,36)(H,38,39). The number of pyridine rings is 1. The maximum atomic E-state index is 13.7. The number of carbonyl (C=O) groups excluding carboxylic acids is 1. The van der Waals surface area contributed by atoms with Crippen molar-refractivity contribution in [3.63, 3.8) is 0 Å². The Balaban J connectivity index is 1.67. The molecule has 0 bridgehead atoms. The van der Waals surface area contributed by atoms with Crippen LogP contribution in [0.1, 0.15) is 19.4 Å². The first-order valence-electron chi connectivity index (χ1n) is 12.1. The minimum Gasteiger partial charge on any atom is -0.457 e. The Morgan fingerprint density at radius 2 is 1.68 bits per heavy atom. The van der Waals surface area contributed by atoms with Gasteiger partial charge in [0.15, 0.2) is 0 Å². The first-order chi connectivity index (χ1) is 19.4. The number of hydrogen-bond donors (Lipinski definition) is 3. The van der Waals surface area contributed by atoms with Crippen molar-refractivity contribution in [2.24, 2.45) is 5.41 Å². The average Bonchev–Trinajstić information content (AvgIpc) is 2.90. The van der Waals surface area contributed by atoms with Gasteiger partial charge in [0.05, 0.1) is 12.0 Å². The summed E-state index contributed by atoms with van der Waals surface area (Å²) in [5.74, 6) is 0.441. The van der Waals surface area contributed by atoms with Crippen molar-refractivity contribution in [3.8, 4) is 11.5 Å². The summed E-state index contributed by atoms with van der Waals surface area (Å²) in [5, 5.41) is 3.93. The lowest BCUT2D eigenvalue weighted by molar-refractivity contribution is -0.128. The molecule has 0 aliphatic rings. The predicted octanol–water partition coefficient (Wildman–Crippen LogP) is 4.58. The summed E-state index contributed by atoms with van der Waals surface area (Å²) in [6.45, 7) is 2.66. The molecule has 2 aromatic heterocycles. The molecule has 4 aromatic rings. The van der Waals surface area contributed by atoms with E-state index in [0.717, 1.165) is 10.1 Å². The first kappa shape index (κ1) is 30.0. The van der Waals surface area contributed by atoms with E-state index >= 15 is 0 Å². The van der Waals surface area contributed by atoms with E-state index < -0.39 is 33.8 Å². The molecule has 0 saturated heterocycles. The fourth-order valence-corrected chi connectivity index (χ4v) is 4.54. The number of amides is 1. The topological polar surface area (TPSA) is 145 Å². The van der Waals surface area contributed by atoms with Gasteiger partial charge in [0, 0.05) is 35.6 Å². The number of aromatic nitrogens is 3. The van der Waals surface area contributed by atoms with E-state index in [1.165, 1.54) is 30.7 Å². The van der Waals surface area contributed by atoms with Crippen LogP contribution >= 0.6 is 23.2 Å². The molecule has 14 heteroatoms. The third-order valence-electron chi connectivity index (χ3n) is 5.94. The van der Waals surface area contributed by atoms with Gasteiger partial charge in [0.2, 0.25) is 5.91 Å². The van der Waals surface area contributed by atoms with Crippen LogP contribution in [0, 0.1) is 5.41 Å². The van der Waals surface area contributed by atoms with E-state index in [0.29, 0.717) is 27.4 Å². The van der Waals surface area contributed by atoms with Crippen molar-refractivity contribution in [2.45, 2.75) is 26.9 Å². The molecule has 1 atom stereocenters. The second-order valence-corrected chi connectivity index (χ2v) is 11.1. The Kier molecular flexibility index (Phi) is 9.28. The highest BCUT2D eigenvalue weighted by atomic mass is 35.5. The van der Waals surface area contributed by atoms with Crippen molar-refractivity contribution < 1.29 is 18.3 Å². The summed E-state index contributed by atoms with van der Waals surface area (Å²) in [5.41, 5.74) is -1.40. The molecule has 1 unspecified atom stereocenters. The summed E-state index contributed by atoms with van der Waals surface area (Å²) in [4.78, 5) is 43.1. The van der Waals surface area contributed by atoms with Gasteiger partial charge in [-0.3, -0.25) is 28.0 Å². The maximum absolute atomic E-state index is 13.7. The van der Waals surface area contributed by atoms with Crippen molar-refractivity contribution >= 4 is 51.9 Å². The lowest BCUT2D eigenvalue weighted by Crippen LogP contribution is -2.47. The first-order valence-corrected chi connectivity index (χ1v) is 13.9. The van der Waals surface area contributed by atoms with Gasteiger partial charge in [0.25, 0.3) is 16.8 Å². The Bertz CT molecular complexity index is 1710. The Morgan fingerprint density at radius 1 is 1.00 bits per heavy atom. The van der Waals surface area contributed by atoms with Crippen LogP contribution in [0.25, 0.3) is 0 Å². The number of carbonyl (C=O) groups is 1. The van der Waals surface area contributed by atoms with Gasteiger partial charge in [-0.1, -0.05) is 35.3 Å². The zero-order valence-electron chi connectivity index (χ0n) is 21.8. The lowest BCUT2D eigenvalue weighted by atomic mass is 9.92. The summed E-state index contributed by atoms with van der Waals surface area (Å²) in [6, 6.07) is 18.2. The quantitative estimate of drug-likeness (QED) is 0.173. The number of anilines is 2. The van der Waals surface area contributed by atoms with Gasteiger partial charge in [-0.05, 0) is 61.9 Å². The fraction of sp³-hybridized carbons (Fsp3) is 0.185. The molecule has 2 aromatic carbocycles. The zero-order valence-corrected chi connectivity index (χ0v) is 24.2. The Morgan fingerprint density at radius 3 is 2.32 bits per heavy atom. The second kappa shape index (κ2) is 12.7. The fourth-order valence-electron chi connectivity index (χ4n) is 3.81. The molecule has 3 N–H and O–H groups in total. The van der Waals surface area contributed by atoms with E-state index in [-0.39, 0.29) is 18.9 Å². The van der Waals surface area contributed by atoms with Crippen LogP contribution in [0.4, 0.5) is 11.5 Å². The largest absolute Gasteiger partial charge is 0.457 e. The Hall–Kier alpha value is -3.97. The number of halogens is 2. The molecule has 2 heterocycles. The highest BCUT2D eigenvalue weighted by molar-refractivity contribution is 7.77. The van der Waals surface area contributed by atoms with Gasteiger partial charge in [-0.15, -0.1) is 0 Å². The molecular formula is C27H25Cl2N5O6S. The van der Waals surface area contributed by atoms with Crippen LogP contribution < -0.4 is 26.0 Å². The number of ether oxygens (including phenoxy) is 1. The minimum absolute atomic E-state index is 0.0793. The van der Waals surface area contributed by atoms with Crippen molar-refractivity contribution in [1.29, 1.82) is 0 Å². The van der Waals surface area contributed by atoms with Crippen molar-refractivity contribution in [1.82, 2.24) is 18.8 Å². The highest BCUT2D eigenvalue weighted by Crippen LogP contribution is 2.26. The molecule has 0 fully saturated rings. The van der Waals surface area contributed by atoms with Crippen LogP contribution in [0.3, 0.4) is 0 Å². The van der Waals surface area contributed by atoms with E-state index in [1.54, 1.807) is 60.7 Å². The monoisotopic (exact) mass is 617 g/mol. The molecular weight excluding hydrogens is 593 g/mol. The number of rotatable bonds is 10. The number of hydrogen-bond acceptors (Lipinski definition) is 7. The van der Waals surface area contributed by atoms with Crippen LogP contribution in [-0.4, -0.2) is 28.8 Å². The van der Waals surface area contributed by atoms with E-state index in [9.17, 15) is 18.6 Å². The molecule has 11 nitrogen and oxygen atoms in total. The molecule has 0 radical (unpaired) electrons. The lowest BCUT2D eigenvalue weighted by Gasteiger charge is -2.24. The second-order valence-electron chi connectivity index (χ2n) is 9.58. The molecule has 1 amide bonds. The number of benzene rings is 2. The van der Waals surface area contributed by atoms with E-state index in [1.807, 2.05) is 4.72 Å². The van der Waals surface area contributed by atoms with Gasteiger partial charge in [0.1, 0.15) is 22.5 Å². The average molecular weight is 618 g/mol. The zero-order chi connectivity index (χ0) is 29.7. The normalized spacial score (nSPS) is 12.0. The molecule has 214 valence electrons. The third kappa shape index (κ3) is 7.82.